The summed E-state index contributed by atoms with van der Waals surface area (Å²) in [5, 5.41) is 3.71. The van der Waals surface area contributed by atoms with Crippen LogP contribution in [-0.4, -0.2) is 15.5 Å². The number of hydrogen-bond acceptors (Lipinski definition) is 1. The molecule has 1 N–H and O–H groups in total. The van der Waals surface area contributed by atoms with Crippen LogP contribution in [0.1, 0.15) is 48.2 Å². The third kappa shape index (κ3) is 4.14. The summed E-state index contributed by atoms with van der Waals surface area (Å²) in [5.41, 5.74) is 6.34. The fraction of sp³-hybridized carbons (Fsp3) is 0.179. The second-order valence-electron chi connectivity index (χ2n) is 8.72. The lowest BCUT2D eigenvalue weighted by molar-refractivity contribution is 0.194. The van der Waals surface area contributed by atoms with E-state index in [-0.39, 0.29) is 12.1 Å². The maximum Gasteiger partial charge on any atom is 0.322 e. The van der Waals surface area contributed by atoms with E-state index in [9.17, 15) is 4.79 Å². The van der Waals surface area contributed by atoms with Gasteiger partial charge in [-0.2, -0.15) is 0 Å². The van der Waals surface area contributed by atoms with Gasteiger partial charge in [0.1, 0.15) is 0 Å². The molecule has 1 aromatic heterocycles. The first kappa shape index (κ1) is 21.4. The van der Waals surface area contributed by atoms with Crippen molar-refractivity contribution in [3.05, 3.63) is 119 Å². The molecule has 1 aliphatic rings. The number of rotatable bonds is 3. The highest BCUT2D eigenvalue weighted by atomic mass is 35.5. The third-order valence-electron chi connectivity index (χ3n) is 6.24. The molecule has 5 rings (SSSR count). The summed E-state index contributed by atoms with van der Waals surface area (Å²) in [6, 6.07) is 27.9. The van der Waals surface area contributed by atoms with E-state index in [4.69, 9.17) is 11.6 Å². The molecule has 2 heterocycles. The van der Waals surface area contributed by atoms with Crippen molar-refractivity contribution in [3.63, 3.8) is 0 Å². The van der Waals surface area contributed by atoms with Gasteiger partial charge in [-0.25, -0.2) is 4.79 Å². The van der Waals surface area contributed by atoms with Crippen molar-refractivity contribution in [2.75, 3.05) is 5.32 Å². The van der Waals surface area contributed by atoms with Crippen LogP contribution in [-0.2, 0) is 6.54 Å². The molecule has 5 heteroatoms. The van der Waals surface area contributed by atoms with Gasteiger partial charge in [0.15, 0.2) is 0 Å². The minimum atomic E-state index is -0.235. The molecule has 4 nitrogen and oxygen atoms in total. The number of carbonyl (C=O) groups is 1. The zero-order valence-corrected chi connectivity index (χ0v) is 19.5. The van der Waals surface area contributed by atoms with Gasteiger partial charge in [-0.05, 0) is 65.1 Å². The number of halogens is 1. The van der Waals surface area contributed by atoms with E-state index >= 15 is 0 Å². The monoisotopic (exact) mass is 455 g/mol. The summed E-state index contributed by atoms with van der Waals surface area (Å²) < 4.78 is 2.20. The van der Waals surface area contributed by atoms with Gasteiger partial charge in [-0.3, -0.25) is 0 Å². The zero-order valence-electron chi connectivity index (χ0n) is 18.7. The van der Waals surface area contributed by atoms with Crippen molar-refractivity contribution in [2.24, 2.45) is 0 Å². The van der Waals surface area contributed by atoms with Gasteiger partial charge < -0.3 is 14.8 Å². The van der Waals surface area contributed by atoms with Crippen LogP contribution < -0.4 is 5.32 Å². The van der Waals surface area contributed by atoms with Crippen molar-refractivity contribution in [2.45, 2.75) is 32.4 Å². The Balaban J connectivity index is 1.61. The first-order valence-electron chi connectivity index (χ1n) is 11.2. The maximum absolute atomic E-state index is 13.7. The summed E-state index contributed by atoms with van der Waals surface area (Å²) in [7, 11) is 0. The molecule has 166 valence electrons. The van der Waals surface area contributed by atoms with E-state index in [1.54, 1.807) is 12.1 Å². The van der Waals surface area contributed by atoms with Gasteiger partial charge >= 0.3 is 6.03 Å². The Morgan fingerprint density at radius 2 is 1.67 bits per heavy atom. The minimum absolute atomic E-state index is 0.153. The van der Waals surface area contributed by atoms with Crippen LogP contribution in [0, 0.1) is 0 Å². The highest BCUT2D eigenvalue weighted by Crippen LogP contribution is 2.37. The van der Waals surface area contributed by atoms with Crippen LogP contribution in [0.4, 0.5) is 10.5 Å². The molecule has 0 spiro atoms. The van der Waals surface area contributed by atoms with E-state index < -0.39 is 0 Å². The Morgan fingerprint density at radius 1 is 0.939 bits per heavy atom. The van der Waals surface area contributed by atoms with Crippen molar-refractivity contribution in [3.8, 4) is 5.69 Å². The Kier molecular flexibility index (Phi) is 5.69. The largest absolute Gasteiger partial charge is 0.322 e. The maximum atomic E-state index is 13.7. The fourth-order valence-corrected chi connectivity index (χ4v) is 4.61. The predicted molar refractivity (Wildman–Crippen MR) is 134 cm³/mol. The summed E-state index contributed by atoms with van der Waals surface area (Å²) >= 11 is 6.03. The zero-order chi connectivity index (χ0) is 22.9. The number of benzene rings is 3. The number of hydrogen-bond donors (Lipinski definition) is 1. The standard InChI is InChI=1S/C28H26ClN3O/c1-19(2)20-9-11-21(12-10-20)27-26-8-5-17-31(26)25-7-4-3-6-22(25)18-32(27)28(33)30-24-15-13-23(29)14-16-24/h3-17,19,27H,18H2,1-2H3,(H,30,33). The first-order valence-corrected chi connectivity index (χ1v) is 11.6. The number of anilines is 1. The molecule has 2 amide bonds. The molecule has 0 bridgehead atoms. The van der Waals surface area contributed by atoms with Gasteiger partial charge in [0.25, 0.3) is 0 Å². The molecule has 0 saturated carbocycles. The molecule has 3 aromatic carbocycles. The summed E-state index contributed by atoms with van der Waals surface area (Å²) in [6.45, 7) is 4.87. The molecule has 0 radical (unpaired) electrons. The average molecular weight is 456 g/mol. The SMILES string of the molecule is CC(C)c1ccc(C2c3cccn3-c3ccccc3CN2C(=O)Nc2ccc(Cl)cc2)cc1. The molecule has 0 aliphatic carbocycles. The predicted octanol–water partition coefficient (Wildman–Crippen LogP) is 7.39. The molecule has 1 aliphatic heterocycles. The van der Waals surface area contributed by atoms with Crippen LogP contribution in [0.2, 0.25) is 5.02 Å². The number of aromatic nitrogens is 1. The molecule has 1 unspecified atom stereocenters. The van der Waals surface area contributed by atoms with Crippen LogP contribution in [0.25, 0.3) is 5.69 Å². The van der Waals surface area contributed by atoms with Crippen LogP contribution >= 0.6 is 11.6 Å². The Hall–Kier alpha value is -3.50. The quantitative estimate of drug-likeness (QED) is 0.343. The number of amides is 2. The molecular formula is C28H26ClN3O. The fourth-order valence-electron chi connectivity index (χ4n) is 4.48. The molecular weight excluding hydrogens is 430 g/mol. The van der Waals surface area contributed by atoms with Gasteiger partial charge in [0.05, 0.1) is 18.3 Å². The summed E-state index contributed by atoms with van der Waals surface area (Å²) in [5.74, 6) is 0.450. The first-order chi connectivity index (χ1) is 16.0. The molecule has 1 atom stereocenters. The number of urea groups is 1. The third-order valence-corrected chi connectivity index (χ3v) is 6.49. The van der Waals surface area contributed by atoms with Gasteiger partial charge in [0, 0.05) is 22.6 Å². The highest BCUT2D eigenvalue weighted by molar-refractivity contribution is 6.30. The summed E-state index contributed by atoms with van der Waals surface area (Å²) in [4.78, 5) is 15.6. The van der Waals surface area contributed by atoms with Gasteiger partial charge in [0.2, 0.25) is 0 Å². The Labute approximate surface area is 199 Å². The normalized spacial score (nSPS) is 15.0. The Bertz CT molecular complexity index is 1280. The lowest BCUT2D eigenvalue weighted by atomic mass is 9.97. The van der Waals surface area contributed by atoms with E-state index in [0.29, 0.717) is 23.2 Å². The van der Waals surface area contributed by atoms with Gasteiger partial charge in [-0.15, -0.1) is 0 Å². The number of fused-ring (bicyclic) bond motifs is 3. The topological polar surface area (TPSA) is 37.3 Å². The van der Waals surface area contributed by atoms with Crippen molar-refractivity contribution >= 4 is 23.3 Å². The average Bonchev–Trinajstić information content (AvgIpc) is 3.25. The van der Waals surface area contributed by atoms with Crippen molar-refractivity contribution in [1.82, 2.24) is 9.47 Å². The van der Waals surface area contributed by atoms with E-state index in [1.807, 2.05) is 35.2 Å². The minimum Gasteiger partial charge on any atom is -0.318 e. The van der Waals surface area contributed by atoms with E-state index in [1.165, 1.54) is 5.56 Å². The van der Waals surface area contributed by atoms with Crippen molar-refractivity contribution in [1.29, 1.82) is 0 Å². The van der Waals surface area contributed by atoms with Gasteiger partial charge in [-0.1, -0.05) is 67.9 Å². The van der Waals surface area contributed by atoms with Crippen LogP contribution in [0.5, 0.6) is 0 Å². The lowest BCUT2D eigenvalue weighted by Crippen LogP contribution is -2.37. The number of nitrogens with zero attached hydrogens (tertiary/aromatic N) is 2. The highest BCUT2D eigenvalue weighted by Gasteiger charge is 2.33. The number of nitrogens with one attached hydrogen (secondary N) is 1. The summed E-state index contributed by atoms with van der Waals surface area (Å²) in [6.07, 6.45) is 2.07. The van der Waals surface area contributed by atoms with Crippen LogP contribution in [0.15, 0.2) is 91.1 Å². The van der Waals surface area contributed by atoms with E-state index in [0.717, 1.165) is 22.5 Å². The number of carbonyl (C=O) groups excluding carboxylic acids is 1. The molecule has 0 fully saturated rings. The van der Waals surface area contributed by atoms with Crippen molar-refractivity contribution < 1.29 is 4.79 Å². The Morgan fingerprint density at radius 3 is 2.39 bits per heavy atom. The van der Waals surface area contributed by atoms with Crippen LogP contribution in [0.3, 0.4) is 0 Å². The lowest BCUT2D eigenvalue weighted by Gasteiger charge is -2.31. The second kappa shape index (κ2) is 8.80. The number of para-hydroxylation sites is 1. The van der Waals surface area contributed by atoms with E-state index in [2.05, 4.69) is 72.4 Å². The molecule has 4 aromatic rings. The second-order valence-corrected chi connectivity index (χ2v) is 9.16. The molecule has 33 heavy (non-hydrogen) atoms. The smallest absolute Gasteiger partial charge is 0.318 e. The molecule has 0 saturated heterocycles.